The van der Waals surface area contributed by atoms with Gasteiger partial charge in [-0.2, -0.15) is 0 Å². The van der Waals surface area contributed by atoms with Gasteiger partial charge < -0.3 is 10.2 Å². The lowest BCUT2D eigenvalue weighted by Crippen LogP contribution is -2.36. The Morgan fingerprint density at radius 3 is 3.05 bits per heavy atom. The van der Waals surface area contributed by atoms with E-state index in [2.05, 4.69) is 22.2 Å². The molecule has 0 aliphatic carbocycles. The fourth-order valence-corrected chi connectivity index (χ4v) is 2.71. The molecule has 1 amide bonds. The molecule has 110 valence electrons. The maximum atomic E-state index is 12.3. The van der Waals surface area contributed by atoms with Gasteiger partial charge >= 0.3 is 0 Å². The third kappa shape index (κ3) is 4.27. The highest BCUT2D eigenvalue weighted by molar-refractivity contribution is 5.76. The monoisotopic (exact) mass is 276 g/mol. The number of nitrogens with one attached hydrogen (secondary N) is 1. The number of aromatic nitrogens is 2. The molecule has 2 rings (SSSR count). The van der Waals surface area contributed by atoms with Gasteiger partial charge in [0.15, 0.2) is 0 Å². The largest absolute Gasteiger partial charge is 0.340 e. The minimum Gasteiger partial charge on any atom is -0.340 e. The van der Waals surface area contributed by atoms with Gasteiger partial charge in [-0.15, -0.1) is 0 Å². The molecule has 1 aromatic rings. The van der Waals surface area contributed by atoms with Crippen molar-refractivity contribution in [3.05, 3.63) is 24.3 Å². The van der Waals surface area contributed by atoms with E-state index in [1.54, 1.807) is 23.5 Å². The molecule has 1 aromatic heterocycles. The lowest BCUT2D eigenvalue weighted by Gasteiger charge is -2.29. The number of amides is 1. The van der Waals surface area contributed by atoms with Crippen LogP contribution in [0, 0.1) is 11.8 Å². The third-order valence-electron chi connectivity index (χ3n) is 4.08. The van der Waals surface area contributed by atoms with Crippen molar-refractivity contribution in [2.24, 2.45) is 11.8 Å². The summed E-state index contributed by atoms with van der Waals surface area (Å²) in [6, 6.07) is 0. The molecule has 5 nitrogen and oxygen atoms in total. The quantitative estimate of drug-likeness (QED) is 0.884. The van der Waals surface area contributed by atoms with E-state index in [1.165, 1.54) is 12.8 Å². The molecular formula is C15H24N4O. The minimum absolute atomic E-state index is 0.189. The first-order valence-corrected chi connectivity index (χ1v) is 7.36. The van der Waals surface area contributed by atoms with Crippen LogP contribution >= 0.6 is 0 Å². The topological polar surface area (TPSA) is 58.1 Å². The molecule has 1 saturated heterocycles. The van der Waals surface area contributed by atoms with E-state index in [0.29, 0.717) is 24.8 Å². The summed E-state index contributed by atoms with van der Waals surface area (Å²) in [6.07, 6.45) is 8.07. The molecule has 0 spiro atoms. The molecular weight excluding hydrogens is 252 g/mol. The molecule has 0 saturated carbocycles. The van der Waals surface area contributed by atoms with Crippen LogP contribution in [0.25, 0.3) is 0 Å². The number of carbonyl (C=O) groups is 1. The van der Waals surface area contributed by atoms with Crippen LogP contribution in [0.5, 0.6) is 0 Å². The maximum Gasteiger partial charge on any atom is 0.222 e. The number of hydrogen-bond acceptors (Lipinski definition) is 4. The van der Waals surface area contributed by atoms with Gasteiger partial charge in [0, 0.05) is 25.9 Å². The normalized spacial score (nSPS) is 20.4. The Morgan fingerprint density at radius 1 is 1.55 bits per heavy atom. The zero-order chi connectivity index (χ0) is 14.4. The Bertz CT molecular complexity index is 417. The molecule has 1 aliphatic heterocycles. The van der Waals surface area contributed by atoms with Crippen molar-refractivity contribution in [1.29, 1.82) is 0 Å². The van der Waals surface area contributed by atoms with E-state index < -0.39 is 0 Å². The number of carbonyl (C=O) groups excluding carboxylic acids is 1. The van der Waals surface area contributed by atoms with Gasteiger partial charge in [-0.25, -0.2) is 0 Å². The van der Waals surface area contributed by atoms with Crippen molar-refractivity contribution in [3.8, 4) is 0 Å². The molecule has 1 N–H and O–H groups in total. The van der Waals surface area contributed by atoms with E-state index in [1.807, 2.05) is 7.05 Å². The van der Waals surface area contributed by atoms with Crippen LogP contribution in [0.1, 0.15) is 31.9 Å². The number of rotatable bonds is 5. The zero-order valence-electron chi connectivity index (χ0n) is 12.4. The number of nitrogens with zero attached hydrogens (tertiary/aromatic N) is 3. The van der Waals surface area contributed by atoms with E-state index in [9.17, 15) is 4.79 Å². The highest BCUT2D eigenvalue weighted by Gasteiger charge is 2.23. The highest BCUT2D eigenvalue weighted by atomic mass is 16.2. The van der Waals surface area contributed by atoms with Crippen LogP contribution in [0.3, 0.4) is 0 Å². The second-order valence-electron chi connectivity index (χ2n) is 5.73. The minimum atomic E-state index is 0.189. The summed E-state index contributed by atoms with van der Waals surface area (Å²) >= 11 is 0. The Labute approximate surface area is 120 Å². The lowest BCUT2D eigenvalue weighted by molar-refractivity contribution is -0.131. The summed E-state index contributed by atoms with van der Waals surface area (Å²) in [6.45, 7) is 4.88. The number of piperidine rings is 1. The van der Waals surface area contributed by atoms with Gasteiger partial charge in [0.1, 0.15) is 0 Å². The standard InChI is InChI=1S/C15H24N4O/c1-12(13-4-3-5-16-9-13)8-15(20)19(2)11-14-10-17-6-7-18-14/h6-7,10,12-13,16H,3-5,8-9,11H2,1-2H3. The van der Waals surface area contributed by atoms with Crippen LogP contribution < -0.4 is 5.32 Å². The van der Waals surface area contributed by atoms with Crippen LogP contribution in [0.4, 0.5) is 0 Å². The van der Waals surface area contributed by atoms with Crippen LogP contribution in [0.2, 0.25) is 0 Å². The van der Waals surface area contributed by atoms with Gasteiger partial charge in [-0.1, -0.05) is 6.92 Å². The summed E-state index contributed by atoms with van der Waals surface area (Å²) in [5.41, 5.74) is 0.829. The molecule has 2 heterocycles. The molecule has 0 aromatic carbocycles. The Balaban J connectivity index is 1.81. The first-order chi connectivity index (χ1) is 9.66. The van der Waals surface area contributed by atoms with Gasteiger partial charge in [0.05, 0.1) is 18.4 Å². The maximum absolute atomic E-state index is 12.3. The van der Waals surface area contributed by atoms with Crippen molar-refractivity contribution in [1.82, 2.24) is 20.2 Å². The van der Waals surface area contributed by atoms with Crippen LogP contribution in [-0.4, -0.2) is 40.9 Å². The average Bonchev–Trinajstić information content (AvgIpc) is 2.49. The second kappa shape index (κ2) is 7.33. The van der Waals surface area contributed by atoms with Crippen LogP contribution in [-0.2, 0) is 11.3 Å². The SMILES string of the molecule is CC(CC(=O)N(C)Cc1cnccn1)C1CCCNC1. The molecule has 2 atom stereocenters. The van der Waals surface area contributed by atoms with Crippen molar-refractivity contribution in [2.75, 3.05) is 20.1 Å². The summed E-state index contributed by atoms with van der Waals surface area (Å²) in [5, 5.41) is 3.41. The van der Waals surface area contributed by atoms with Crippen molar-refractivity contribution in [2.45, 2.75) is 32.7 Å². The third-order valence-corrected chi connectivity index (χ3v) is 4.08. The highest BCUT2D eigenvalue weighted by Crippen LogP contribution is 2.23. The van der Waals surface area contributed by atoms with Gasteiger partial charge in [-0.3, -0.25) is 14.8 Å². The molecule has 5 heteroatoms. The summed E-state index contributed by atoms with van der Waals surface area (Å²) in [4.78, 5) is 22.2. The van der Waals surface area contributed by atoms with Crippen molar-refractivity contribution in [3.63, 3.8) is 0 Å². The Hall–Kier alpha value is -1.49. The van der Waals surface area contributed by atoms with Gasteiger partial charge in [0.25, 0.3) is 0 Å². The first-order valence-electron chi connectivity index (χ1n) is 7.36. The Kier molecular flexibility index (Phi) is 5.47. The summed E-state index contributed by atoms with van der Waals surface area (Å²) < 4.78 is 0. The molecule has 0 radical (unpaired) electrons. The molecule has 0 bridgehead atoms. The Morgan fingerprint density at radius 2 is 2.40 bits per heavy atom. The summed E-state index contributed by atoms with van der Waals surface area (Å²) in [7, 11) is 1.84. The molecule has 2 unspecified atom stereocenters. The van der Waals surface area contributed by atoms with E-state index in [4.69, 9.17) is 0 Å². The fourth-order valence-electron chi connectivity index (χ4n) is 2.71. The van der Waals surface area contributed by atoms with E-state index >= 15 is 0 Å². The summed E-state index contributed by atoms with van der Waals surface area (Å²) in [5.74, 6) is 1.24. The van der Waals surface area contributed by atoms with Gasteiger partial charge in [-0.05, 0) is 37.8 Å². The van der Waals surface area contributed by atoms with Crippen molar-refractivity contribution < 1.29 is 4.79 Å². The van der Waals surface area contributed by atoms with Crippen molar-refractivity contribution >= 4 is 5.91 Å². The molecule has 1 aliphatic rings. The van der Waals surface area contributed by atoms with Gasteiger partial charge in [0.2, 0.25) is 5.91 Å². The van der Waals surface area contributed by atoms with Crippen LogP contribution in [0.15, 0.2) is 18.6 Å². The lowest BCUT2D eigenvalue weighted by atomic mass is 9.85. The van der Waals surface area contributed by atoms with E-state index in [0.717, 1.165) is 18.8 Å². The molecule has 1 fully saturated rings. The number of hydrogen-bond donors (Lipinski definition) is 1. The fraction of sp³-hybridized carbons (Fsp3) is 0.667. The second-order valence-corrected chi connectivity index (χ2v) is 5.73. The first kappa shape index (κ1) is 14.9. The predicted molar refractivity (Wildman–Crippen MR) is 77.9 cm³/mol. The smallest absolute Gasteiger partial charge is 0.222 e. The zero-order valence-corrected chi connectivity index (χ0v) is 12.4. The average molecular weight is 276 g/mol. The molecule has 20 heavy (non-hydrogen) atoms. The predicted octanol–water partition coefficient (Wildman–Crippen LogP) is 1.46. The van der Waals surface area contributed by atoms with E-state index in [-0.39, 0.29) is 5.91 Å².